The van der Waals surface area contributed by atoms with Crippen molar-refractivity contribution in [1.82, 2.24) is 19.6 Å². The molecule has 2 fully saturated rings. The molecule has 0 radical (unpaired) electrons. The topological polar surface area (TPSA) is 42.4 Å². The maximum absolute atomic E-state index is 10.4. The van der Waals surface area contributed by atoms with Gasteiger partial charge in [-0.1, -0.05) is 19.1 Å². The molecule has 2 aliphatic rings. The molecule has 0 saturated carbocycles. The molecular formula is C23H40N4O2. The summed E-state index contributed by atoms with van der Waals surface area (Å²) >= 11 is 0. The number of ether oxygens (including phenoxy) is 1. The van der Waals surface area contributed by atoms with Gasteiger partial charge < -0.3 is 24.5 Å². The normalized spacial score (nSPS) is 20.4. The molecule has 0 aliphatic carbocycles. The monoisotopic (exact) mass is 404 g/mol. The van der Waals surface area contributed by atoms with E-state index in [2.05, 4.69) is 51.8 Å². The highest BCUT2D eigenvalue weighted by Crippen LogP contribution is 2.15. The van der Waals surface area contributed by atoms with Crippen molar-refractivity contribution in [3.8, 4) is 5.75 Å². The lowest BCUT2D eigenvalue weighted by Crippen LogP contribution is -2.49. The Morgan fingerprint density at radius 3 is 2.48 bits per heavy atom. The molecule has 1 unspecified atom stereocenters. The summed E-state index contributed by atoms with van der Waals surface area (Å²) in [6.45, 7) is 14.3. The highest BCUT2D eigenvalue weighted by molar-refractivity contribution is 5.28. The average molecular weight is 405 g/mol. The lowest BCUT2D eigenvalue weighted by Gasteiger charge is -2.34. The molecule has 2 saturated heterocycles. The lowest BCUT2D eigenvalue weighted by atomic mass is 10.2. The van der Waals surface area contributed by atoms with Gasteiger partial charge in [0.15, 0.2) is 0 Å². The molecule has 29 heavy (non-hydrogen) atoms. The van der Waals surface area contributed by atoms with Gasteiger partial charge in [0.25, 0.3) is 0 Å². The summed E-state index contributed by atoms with van der Waals surface area (Å²) in [6, 6.07) is 8.30. The maximum atomic E-state index is 10.4. The first-order chi connectivity index (χ1) is 14.1. The van der Waals surface area contributed by atoms with Crippen LogP contribution in [-0.4, -0.2) is 110 Å². The third kappa shape index (κ3) is 7.87. The number of likely N-dealkylation sites (N-methyl/N-ethyl adjacent to an activating group) is 2. The van der Waals surface area contributed by atoms with E-state index in [0.29, 0.717) is 13.2 Å². The molecular weight excluding hydrogens is 364 g/mol. The highest BCUT2D eigenvalue weighted by atomic mass is 16.5. The van der Waals surface area contributed by atoms with Gasteiger partial charge >= 0.3 is 0 Å². The van der Waals surface area contributed by atoms with Crippen LogP contribution in [0.15, 0.2) is 24.3 Å². The number of aliphatic hydroxyl groups excluding tert-OH is 1. The third-order valence-corrected chi connectivity index (χ3v) is 6.17. The van der Waals surface area contributed by atoms with E-state index in [0.717, 1.165) is 58.1 Å². The van der Waals surface area contributed by atoms with E-state index in [1.165, 1.54) is 31.5 Å². The van der Waals surface area contributed by atoms with Crippen molar-refractivity contribution in [2.24, 2.45) is 0 Å². The first-order valence-corrected chi connectivity index (χ1v) is 11.4. The predicted octanol–water partition coefficient (Wildman–Crippen LogP) is 1.59. The summed E-state index contributed by atoms with van der Waals surface area (Å²) in [7, 11) is 2.19. The van der Waals surface area contributed by atoms with Crippen molar-refractivity contribution in [1.29, 1.82) is 0 Å². The number of rotatable bonds is 11. The number of nitrogens with zero attached hydrogens (tertiary/aromatic N) is 4. The first kappa shape index (κ1) is 22.5. The minimum atomic E-state index is -0.449. The van der Waals surface area contributed by atoms with Crippen LogP contribution in [0, 0.1) is 0 Å². The van der Waals surface area contributed by atoms with Gasteiger partial charge in [0, 0.05) is 52.4 Å². The smallest absolute Gasteiger partial charge is 0.119 e. The number of benzene rings is 1. The minimum Gasteiger partial charge on any atom is -0.491 e. The zero-order chi connectivity index (χ0) is 20.5. The summed E-state index contributed by atoms with van der Waals surface area (Å²) in [5.74, 6) is 0.852. The van der Waals surface area contributed by atoms with Gasteiger partial charge in [-0.05, 0) is 57.2 Å². The van der Waals surface area contributed by atoms with Crippen molar-refractivity contribution in [2.45, 2.75) is 32.4 Å². The Kier molecular flexibility index (Phi) is 9.21. The highest BCUT2D eigenvalue weighted by Gasteiger charge is 2.18. The number of piperazine rings is 1. The van der Waals surface area contributed by atoms with Crippen LogP contribution in [0.25, 0.3) is 0 Å². The number of aliphatic hydroxyl groups is 1. The molecule has 6 nitrogen and oxygen atoms in total. The number of β-amino-alcohol motifs (C(OH)–C–C–N with tert-alkyl or cyclic N) is 1. The van der Waals surface area contributed by atoms with Crippen LogP contribution in [-0.2, 0) is 6.54 Å². The molecule has 1 aromatic carbocycles. The molecule has 164 valence electrons. The molecule has 1 atom stereocenters. The number of likely N-dealkylation sites (tertiary alicyclic amines) is 1. The average Bonchev–Trinajstić information content (AvgIpc) is 3.25. The summed E-state index contributed by atoms with van der Waals surface area (Å²) in [5, 5.41) is 10.4. The maximum Gasteiger partial charge on any atom is 0.119 e. The van der Waals surface area contributed by atoms with Gasteiger partial charge in [-0.2, -0.15) is 0 Å². The van der Waals surface area contributed by atoms with Gasteiger partial charge in [-0.25, -0.2) is 0 Å². The van der Waals surface area contributed by atoms with Crippen molar-refractivity contribution in [3.05, 3.63) is 29.8 Å². The fourth-order valence-electron chi connectivity index (χ4n) is 4.27. The predicted molar refractivity (Wildman–Crippen MR) is 119 cm³/mol. The van der Waals surface area contributed by atoms with Crippen LogP contribution >= 0.6 is 0 Å². The van der Waals surface area contributed by atoms with Crippen LogP contribution in [0.2, 0.25) is 0 Å². The molecule has 0 bridgehead atoms. The molecule has 2 aliphatic heterocycles. The third-order valence-electron chi connectivity index (χ3n) is 6.17. The second kappa shape index (κ2) is 11.9. The minimum absolute atomic E-state index is 0.349. The SMILES string of the molecule is CCN1CCN(CC(O)COc2cccc(CN(C)CCN3CCCC3)c2)CC1. The largest absolute Gasteiger partial charge is 0.491 e. The van der Waals surface area contributed by atoms with Crippen LogP contribution < -0.4 is 4.74 Å². The molecule has 6 heteroatoms. The molecule has 0 aromatic heterocycles. The van der Waals surface area contributed by atoms with Crippen LogP contribution in [0.5, 0.6) is 5.75 Å². The first-order valence-electron chi connectivity index (χ1n) is 11.4. The van der Waals surface area contributed by atoms with Crippen LogP contribution in [0.4, 0.5) is 0 Å². The van der Waals surface area contributed by atoms with Gasteiger partial charge in [0.2, 0.25) is 0 Å². The van der Waals surface area contributed by atoms with E-state index in [1.807, 2.05) is 6.07 Å². The molecule has 1 N–H and O–H groups in total. The number of hydrogen-bond acceptors (Lipinski definition) is 6. The van der Waals surface area contributed by atoms with E-state index in [4.69, 9.17) is 4.74 Å². The van der Waals surface area contributed by atoms with E-state index in [9.17, 15) is 5.11 Å². The summed E-state index contributed by atoms with van der Waals surface area (Å²) < 4.78 is 5.90. The molecule has 3 rings (SSSR count). The van der Waals surface area contributed by atoms with Gasteiger partial charge in [0.1, 0.15) is 18.5 Å². The standard InChI is InChI=1S/C23H40N4O2/c1-3-25-13-15-27(16-14-25)19-22(28)20-29-23-8-6-7-21(17-23)18-24(2)11-12-26-9-4-5-10-26/h6-8,17,22,28H,3-5,9-16,18-20H2,1-2H3. The van der Waals surface area contributed by atoms with E-state index >= 15 is 0 Å². The van der Waals surface area contributed by atoms with Crippen molar-refractivity contribution in [3.63, 3.8) is 0 Å². The van der Waals surface area contributed by atoms with Crippen LogP contribution in [0.3, 0.4) is 0 Å². The Hall–Kier alpha value is -1.18. The van der Waals surface area contributed by atoms with E-state index in [-0.39, 0.29) is 0 Å². The van der Waals surface area contributed by atoms with Crippen molar-refractivity contribution in [2.75, 3.05) is 79.1 Å². The second-order valence-corrected chi connectivity index (χ2v) is 8.63. The quantitative estimate of drug-likeness (QED) is 0.604. The fraction of sp³-hybridized carbons (Fsp3) is 0.739. The van der Waals surface area contributed by atoms with E-state index in [1.54, 1.807) is 0 Å². The fourth-order valence-corrected chi connectivity index (χ4v) is 4.27. The van der Waals surface area contributed by atoms with Gasteiger partial charge in [-0.15, -0.1) is 0 Å². The second-order valence-electron chi connectivity index (χ2n) is 8.63. The summed E-state index contributed by atoms with van der Waals surface area (Å²) in [6.07, 6.45) is 2.25. The zero-order valence-corrected chi connectivity index (χ0v) is 18.4. The Balaban J connectivity index is 1.36. The molecule has 1 aromatic rings. The number of hydrogen-bond donors (Lipinski definition) is 1. The van der Waals surface area contributed by atoms with Crippen molar-refractivity contribution < 1.29 is 9.84 Å². The van der Waals surface area contributed by atoms with Gasteiger partial charge in [0.05, 0.1) is 0 Å². The molecule has 0 amide bonds. The molecule has 0 spiro atoms. The Labute approximate surface area is 177 Å². The van der Waals surface area contributed by atoms with Gasteiger partial charge in [-0.3, -0.25) is 4.90 Å². The zero-order valence-electron chi connectivity index (χ0n) is 18.4. The Bertz CT molecular complexity index is 586. The lowest BCUT2D eigenvalue weighted by molar-refractivity contribution is 0.0470. The summed E-state index contributed by atoms with van der Waals surface area (Å²) in [5.41, 5.74) is 1.26. The van der Waals surface area contributed by atoms with Crippen molar-refractivity contribution >= 4 is 0 Å². The molecule has 2 heterocycles. The Morgan fingerprint density at radius 2 is 1.76 bits per heavy atom. The Morgan fingerprint density at radius 1 is 1.03 bits per heavy atom. The van der Waals surface area contributed by atoms with Crippen LogP contribution in [0.1, 0.15) is 25.3 Å². The summed E-state index contributed by atoms with van der Waals surface area (Å²) in [4.78, 5) is 9.72. The van der Waals surface area contributed by atoms with E-state index < -0.39 is 6.10 Å².